The fraction of sp³-hybridized carbons (Fsp3) is 0.938. The maximum Gasteiger partial charge on any atom is 0.221 e. The Kier molecular flexibility index (Phi) is 6.02. The van der Waals surface area contributed by atoms with Gasteiger partial charge in [0.2, 0.25) is 5.91 Å². The zero-order valence-corrected chi connectivity index (χ0v) is 13.6. The summed E-state index contributed by atoms with van der Waals surface area (Å²) in [5, 5.41) is 6.56. The predicted octanol–water partition coefficient (Wildman–Crippen LogP) is 1.46. The lowest BCUT2D eigenvalue weighted by atomic mass is 9.58. The standard InChI is InChI=1S/C16H30N2O3/c1-4-16(5-2)13(10-14(16)21-6-3)18-15(19)9-12-11-20-8-7-17-12/h12-14,17H,4-11H2,1-3H3,(H,18,19). The van der Waals surface area contributed by atoms with Crippen molar-refractivity contribution in [2.24, 2.45) is 5.41 Å². The number of carbonyl (C=O) groups excluding carboxylic acids is 1. The number of rotatable bonds is 7. The molecule has 21 heavy (non-hydrogen) atoms. The van der Waals surface area contributed by atoms with E-state index in [-0.39, 0.29) is 23.4 Å². The topological polar surface area (TPSA) is 59.6 Å². The summed E-state index contributed by atoms with van der Waals surface area (Å²) >= 11 is 0. The van der Waals surface area contributed by atoms with Crippen molar-refractivity contribution in [2.45, 2.75) is 64.6 Å². The van der Waals surface area contributed by atoms with Gasteiger partial charge in [-0.05, 0) is 26.2 Å². The van der Waals surface area contributed by atoms with Crippen LogP contribution >= 0.6 is 0 Å². The molecule has 1 aliphatic heterocycles. The molecule has 5 heteroatoms. The van der Waals surface area contributed by atoms with Gasteiger partial charge in [-0.3, -0.25) is 4.79 Å². The van der Waals surface area contributed by atoms with Crippen molar-refractivity contribution in [1.29, 1.82) is 0 Å². The van der Waals surface area contributed by atoms with Crippen LogP contribution in [0.15, 0.2) is 0 Å². The number of nitrogens with one attached hydrogen (secondary N) is 2. The van der Waals surface area contributed by atoms with Crippen LogP contribution in [0.2, 0.25) is 0 Å². The van der Waals surface area contributed by atoms with Crippen LogP contribution in [0, 0.1) is 5.41 Å². The van der Waals surface area contributed by atoms with Crippen molar-refractivity contribution in [3.05, 3.63) is 0 Å². The average Bonchev–Trinajstić information content (AvgIpc) is 2.48. The van der Waals surface area contributed by atoms with E-state index in [9.17, 15) is 4.79 Å². The molecule has 1 amide bonds. The normalized spacial score (nSPS) is 31.5. The van der Waals surface area contributed by atoms with Crippen molar-refractivity contribution in [3.8, 4) is 0 Å². The quantitative estimate of drug-likeness (QED) is 0.747. The van der Waals surface area contributed by atoms with Crippen LogP contribution in [0.4, 0.5) is 0 Å². The van der Waals surface area contributed by atoms with E-state index in [1.54, 1.807) is 0 Å². The van der Waals surface area contributed by atoms with Crippen LogP contribution in [0.1, 0.15) is 46.5 Å². The third-order valence-electron chi connectivity index (χ3n) is 5.23. The van der Waals surface area contributed by atoms with Crippen molar-refractivity contribution in [2.75, 3.05) is 26.4 Å². The van der Waals surface area contributed by atoms with Crippen molar-refractivity contribution in [1.82, 2.24) is 10.6 Å². The highest BCUT2D eigenvalue weighted by molar-refractivity contribution is 5.77. The molecule has 0 aromatic carbocycles. The van der Waals surface area contributed by atoms with E-state index in [2.05, 4.69) is 24.5 Å². The Hall–Kier alpha value is -0.650. The zero-order valence-electron chi connectivity index (χ0n) is 13.6. The van der Waals surface area contributed by atoms with Gasteiger partial charge in [-0.15, -0.1) is 0 Å². The van der Waals surface area contributed by atoms with E-state index in [0.717, 1.165) is 39.0 Å². The molecule has 0 spiro atoms. The Morgan fingerprint density at radius 2 is 2.14 bits per heavy atom. The first-order valence-electron chi connectivity index (χ1n) is 8.38. The van der Waals surface area contributed by atoms with Crippen molar-refractivity contribution in [3.63, 3.8) is 0 Å². The largest absolute Gasteiger partial charge is 0.378 e. The highest BCUT2D eigenvalue weighted by Gasteiger charge is 2.53. The van der Waals surface area contributed by atoms with Gasteiger partial charge in [-0.2, -0.15) is 0 Å². The van der Waals surface area contributed by atoms with Crippen LogP contribution in [0.3, 0.4) is 0 Å². The van der Waals surface area contributed by atoms with Crippen molar-refractivity contribution >= 4 is 5.91 Å². The van der Waals surface area contributed by atoms with Crippen LogP contribution in [-0.4, -0.2) is 50.5 Å². The summed E-state index contributed by atoms with van der Waals surface area (Å²) in [6.07, 6.45) is 3.82. The Bertz CT molecular complexity index is 338. The Morgan fingerprint density at radius 1 is 1.38 bits per heavy atom. The van der Waals surface area contributed by atoms with Crippen LogP contribution in [-0.2, 0) is 14.3 Å². The Balaban J connectivity index is 1.85. The second-order valence-electron chi connectivity index (χ2n) is 6.17. The summed E-state index contributed by atoms with van der Waals surface area (Å²) in [4.78, 5) is 12.3. The first-order chi connectivity index (χ1) is 10.2. The first kappa shape index (κ1) is 16.7. The van der Waals surface area contributed by atoms with Gasteiger partial charge in [-0.25, -0.2) is 0 Å². The molecule has 3 unspecified atom stereocenters. The van der Waals surface area contributed by atoms with Crippen LogP contribution < -0.4 is 10.6 Å². The van der Waals surface area contributed by atoms with Gasteiger partial charge in [0.05, 0.1) is 19.3 Å². The summed E-state index contributed by atoms with van der Waals surface area (Å²) in [5.41, 5.74) is 0.113. The van der Waals surface area contributed by atoms with Gasteiger partial charge in [0.15, 0.2) is 0 Å². The molecule has 1 heterocycles. The predicted molar refractivity (Wildman–Crippen MR) is 82.2 cm³/mol. The van der Waals surface area contributed by atoms with Gasteiger partial charge in [-0.1, -0.05) is 13.8 Å². The average molecular weight is 298 g/mol. The third kappa shape index (κ3) is 3.58. The lowest BCUT2D eigenvalue weighted by Crippen LogP contribution is -2.64. The lowest BCUT2D eigenvalue weighted by molar-refractivity contribution is -0.149. The van der Waals surface area contributed by atoms with Gasteiger partial charge in [0.25, 0.3) is 0 Å². The Morgan fingerprint density at radius 3 is 2.71 bits per heavy atom. The summed E-state index contributed by atoms with van der Waals surface area (Å²) < 4.78 is 11.3. The van der Waals surface area contributed by atoms with Gasteiger partial charge in [0.1, 0.15) is 0 Å². The van der Waals surface area contributed by atoms with E-state index in [1.165, 1.54) is 0 Å². The molecule has 2 rings (SSSR count). The minimum absolute atomic E-state index is 0.113. The molecular weight excluding hydrogens is 268 g/mol. The van der Waals surface area contributed by atoms with Gasteiger partial charge in [0, 0.05) is 37.1 Å². The Labute approximate surface area is 128 Å². The number of carbonyl (C=O) groups is 1. The number of hydrogen-bond donors (Lipinski definition) is 2. The van der Waals surface area contributed by atoms with E-state index in [1.807, 2.05) is 6.92 Å². The maximum absolute atomic E-state index is 12.3. The third-order valence-corrected chi connectivity index (χ3v) is 5.23. The van der Waals surface area contributed by atoms with Crippen molar-refractivity contribution < 1.29 is 14.3 Å². The monoisotopic (exact) mass is 298 g/mol. The highest BCUT2D eigenvalue weighted by atomic mass is 16.5. The fourth-order valence-electron chi connectivity index (χ4n) is 3.81. The molecule has 2 N–H and O–H groups in total. The number of ether oxygens (including phenoxy) is 2. The summed E-state index contributed by atoms with van der Waals surface area (Å²) in [6.45, 7) is 9.39. The summed E-state index contributed by atoms with van der Waals surface area (Å²) in [7, 11) is 0. The summed E-state index contributed by atoms with van der Waals surface area (Å²) in [5.74, 6) is 0.129. The molecule has 5 nitrogen and oxygen atoms in total. The molecule has 0 radical (unpaired) electrons. The molecule has 0 aromatic rings. The number of hydrogen-bond acceptors (Lipinski definition) is 4. The zero-order chi connectivity index (χ0) is 15.3. The van der Waals surface area contributed by atoms with Crippen LogP contribution in [0.25, 0.3) is 0 Å². The molecule has 122 valence electrons. The molecule has 1 aliphatic carbocycles. The fourth-order valence-corrected chi connectivity index (χ4v) is 3.81. The highest BCUT2D eigenvalue weighted by Crippen LogP contribution is 2.48. The van der Waals surface area contributed by atoms with Gasteiger partial charge < -0.3 is 20.1 Å². The van der Waals surface area contributed by atoms with E-state index in [4.69, 9.17) is 9.47 Å². The maximum atomic E-state index is 12.3. The van der Waals surface area contributed by atoms with Gasteiger partial charge >= 0.3 is 0 Å². The molecule has 2 aliphatic rings. The van der Waals surface area contributed by atoms with E-state index in [0.29, 0.717) is 19.1 Å². The molecular formula is C16H30N2O3. The molecule has 2 fully saturated rings. The second kappa shape index (κ2) is 7.56. The minimum Gasteiger partial charge on any atom is -0.378 e. The number of amides is 1. The van der Waals surface area contributed by atoms with Crippen LogP contribution in [0.5, 0.6) is 0 Å². The minimum atomic E-state index is 0.113. The molecule has 1 saturated carbocycles. The van der Waals surface area contributed by atoms with E-state index >= 15 is 0 Å². The number of morpholine rings is 1. The SMILES string of the molecule is CCOC1CC(NC(=O)CC2COCCN2)C1(CC)CC. The molecule has 0 aromatic heterocycles. The molecule has 3 atom stereocenters. The second-order valence-corrected chi connectivity index (χ2v) is 6.17. The van der Waals surface area contributed by atoms with E-state index < -0.39 is 0 Å². The smallest absolute Gasteiger partial charge is 0.221 e. The molecule has 1 saturated heterocycles. The molecule has 0 bridgehead atoms. The summed E-state index contributed by atoms with van der Waals surface area (Å²) in [6, 6.07) is 0.403. The lowest BCUT2D eigenvalue weighted by Gasteiger charge is -2.55. The first-order valence-corrected chi connectivity index (χ1v) is 8.38.